The molecule has 0 amide bonds. The highest BCUT2D eigenvalue weighted by Crippen LogP contribution is 2.19. The second-order valence-electron chi connectivity index (χ2n) is 5.39. The molecule has 1 unspecified atom stereocenters. The standard InChI is InChI=1S/C18H23NO/c1-14(2)19-15(3)17-9-11-18(12-10-17)20-13-16-7-5-4-6-8-16/h4-12,14-15,19H,13H2,1-3H3. The van der Waals surface area contributed by atoms with E-state index in [1.807, 2.05) is 30.3 Å². The van der Waals surface area contributed by atoms with Crippen molar-refractivity contribution in [3.8, 4) is 5.75 Å². The average Bonchev–Trinajstić information content (AvgIpc) is 2.46. The lowest BCUT2D eigenvalue weighted by atomic mass is 10.1. The fraction of sp³-hybridized carbons (Fsp3) is 0.333. The first-order valence-corrected chi connectivity index (χ1v) is 7.18. The zero-order valence-electron chi connectivity index (χ0n) is 12.5. The van der Waals surface area contributed by atoms with Crippen molar-refractivity contribution in [1.82, 2.24) is 5.32 Å². The molecule has 2 heteroatoms. The Morgan fingerprint density at radius 1 is 0.900 bits per heavy atom. The summed E-state index contributed by atoms with van der Waals surface area (Å²) in [4.78, 5) is 0. The molecular weight excluding hydrogens is 246 g/mol. The van der Waals surface area contributed by atoms with Crippen molar-refractivity contribution in [2.75, 3.05) is 0 Å². The van der Waals surface area contributed by atoms with Gasteiger partial charge in [0, 0.05) is 12.1 Å². The molecule has 0 aliphatic rings. The van der Waals surface area contributed by atoms with Crippen LogP contribution < -0.4 is 10.1 Å². The second kappa shape index (κ2) is 7.11. The van der Waals surface area contributed by atoms with E-state index in [4.69, 9.17) is 4.74 Å². The highest BCUT2D eigenvalue weighted by Gasteiger charge is 2.06. The first kappa shape index (κ1) is 14.6. The SMILES string of the molecule is CC(C)NC(C)c1ccc(OCc2ccccc2)cc1. The molecule has 0 heterocycles. The molecule has 20 heavy (non-hydrogen) atoms. The Balaban J connectivity index is 1.91. The van der Waals surface area contributed by atoms with Crippen molar-refractivity contribution < 1.29 is 4.74 Å². The summed E-state index contributed by atoms with van der Waals surface area (Å²) >= 11 is 0. The van der Waals surface area contributed by atoms with Crippen LogP contribution >= 0.6 is 0 Å². The van der Waals surface area contributed by atoms with Crippen LogP contribution in [0.15, 0.2) is 54.6 Å². The van der Waals surface area contributed by atoms with Crippen molar-refractivity contribution in [3.05, 3.63) is 65.7 Å². The van der Waals surface area contributed by atoms with Crippen LogP contribution in [-0.2, 0) is 6.61 Å². The Hall–Kier alpha value is -1.80. The van der Waals surface area contributed by atoms with Gasteiger partial charge in [-0.25, -0.2) is 0 Å². The molecule has 1 atom stereocenters. The molecule has 2 aromatic carbocycles. The summed E-state index contributed by atoms with van der Waals surface area (Å²) < 4.78 is 5.79. The molecule has 0 saturated carbocycles. The molecule has 2 aromatic rings. The minimum Gasteiger partial charge on any atom is -0.489 e. The summed E-state index contributed by atoms with van der Waals surface area (Å²) in [5.74, 6) is 0.911. The van der Waals surface area contributed by atoms with Crippen molar-refractivity contribution in [2.24, 2.45) is 0 Å². The first-order chi connectivity index (χ1) is 9.65. The van der Waals surface area contributed by atoms with E-state index in [1.54, 1.807) is 0 Å². The molecule has 0 fully saturated rings. The molecule has 0 saturated heterocycles. The molecule has 1 N–H and O–H groups in total. The number of hydrogen-bond acceptors (Lipinski definition) is 2. The van der Waals surface area contributed by atoms with E-state index in [-0.39, 0.29) is 0 Å². The maximum absolute atomic E-state index is 5.79. The normalized spacial score (nSPS) is 12.4. The van der Waals surface area contributed by atoms with Gasteiger partial charge >= 0.3 is 0 Å². The molecule has 0 aliphatic carbocycles. The average molecular weight is 269 g/mol. The molecule has 0 radical (unpaired) electrons. The van der Waals surface area contributed by atoms with Gasteiger partial charge in [-0.1, -0.05) is 56.3 Å². The lowest BCUT2D eigenvalue weighted by Crippen LogP contribution is -2.25. The fourth-order valence-electron chi connectivity index (χ4n) is 2.19. The van der Waals surface area contributed by atoms with Gasteiger partial charge in [0.2, 0.25) is 0 Å². The number of nitrogens with one attached hydrogen (secondary N) is 1. The summed E-state index contributed by atoms with van der Waals surface area (Å²) in [6.45, 7) is 7.11. The lowest BCUT2D eigenvalue weighted by Gasteiger charge is -2.17. The third kappa shape index (κ3) is 4.39. The third-order valence-corrected chi connectivity index (χ3v) is 3.21. The van der Waals surface area contributed by atoms with Gasteiger partial charge in [-0.15, -0.1) is 0 Å². The van der Waals surface area contributed by atoms with Gasteiger partial charge in [0.1, 0.15) is 12.4 Å². The van der Waals surface area contributed by atoms with Crippen LogP contribution in [0.5, 0.6) is 5.75 Å². The first-order valence-electron chi connectivity index (χ1n) is 7.18. The molecular formula is C18H23NO. The van der Waals surface area contributed by atoms with Gasteiger partial charge in [0.25, 0.3) is 0 Å². The van der Waals surface area contributed by atoms with E-state index in [0.29, 0.717) is 18.7 Å². The maximum atomic E-state index is 5.79. The zero-order chi connectivity index (χ0) is 14.4. The number of ether oxygens (including phenoxy) is 1. The van der Waals surface area contributed by atoms with Crippen molar-refractivity contribution in [3.63, 3.8) is 0 Å². The third-order valence-electron chi connectivity index (χ3n) is 3.21. The molecule has 106 valence electrons. The van der Waals surface area contributed by atoms with Crippen LogP contribution in [0.3, 0.4) is 0 Å². The minimum absolute atomic E-state index is 0.359. The van der Waals surface area contributed by atoms with Gasteiger partial charge in [0.05, 0.1) is 0 Å². The zero-order valence-corrected chi connectivity index (χ0v) is 12.5. The van der Waals surface area contributed by atoms with E-state index < -0.39 is 0 Å². The highest BCUT2D eigenvalue weighted by atomic mass is 16.5. The summed E-state index contributed by atoms with van der Waals surface area (Å²) in [6.07, 6.45) is 0. The quantitative estimate of drug-likeness (QED) is 0.843. The summed E-state index contributed by atoms with van der Waals surface area (Å²) in [5, 5.41) is 3.50. The van der Waals surface area contributed by atoms with E-state index in [2.05, 4.69) is 50.4 Å². The largest absolute Gasteiger partial charge is 0.489 e. The van der Waals surface area contributed by atoms with E-state index in [9.17, 15) is 0 Å². The monoisotopic (exact) mass is 269 g/mol. The minimum atomic E-state index is 0.359. The molecule has 0 bridgehead atoms. The molecule has 2 rings (SSSR count). The Morgan fingerprint density at radius 2 is 1.55 bits per heavy atom. The van der Waals surface area contributed by atoms with E-state index in [1.165, 1.54) is 11.1 Å². The number of rotatable bonds is 6. The van der Waals surface area contributed by atoms with Crippen LogP contribution in [0.1, 0.15) is 37.9 Å². The summed E-state index contributed by atoms with van der Waals surface area (Å²) in [6, 6.07) is 19.4. The predicted molar refractivity (Wildman–Crippen MR) is 83.9 cm³/mol. The number of benzene rings is 2. The maximum Gasteiger partial charge on any atom is 0.119 e. The smallest absolute Gasteiger partial charge is 0.119 e. The van der Waals surface area contributed by atoms with Crippen LogP contribution in [0, 0.1) is 0 Å². The second-order valence-corrected chi connectivity index (χ2v) is 5.39. The van der Waals surface area contributed by atoms with Gasteiger partial charge in [-0.2, -0.15) is 0 Å². The highest BCUT2D eigenvalue weighted by molar-refractivity contribution is 5.29. The molecule has 2 nitrogen and oxygen atoms in total. The molecule has 0 aliphatic heterocycles. The van der Waals surface area contributed by atoms with Crippen LogP contribution in [0.25, 0.3) is 0 Å². The molecule has 0 spiro atoms. The lowest BCUT2D eigenvalue weighted by molar-refractivity contribution is 0.306. The Kier molecular flexibility index (Phi) is 5.19. The number of hydrogen-bond donors (Lipinski definition) is 1. The fourth-order valence-corrected chi connectivity index (χ4v) is 2.19. The Bertz CT molecular complexity index is 505. The van der Waals surface area contributed by atoms with Gasteiger partial charge < -0.3 is 10.1 Å². The van der Waals surface area contributed by atoms with Crippen molar-refractivity contribution in [1.29, 1.82) is 0 Å². The van der Waals surface area contributed by atoms with Crippen LogP contribution in [0.2, 0.25) is 0 Å². The summed E-state index contributed by atoms with van der Waals surface area (Å²) in [5.41, 5.74) is 2.47. The topological polar surface area (TPSA) is 21.3 Å². The van der Waals surface area contributed by atoms with Crippen LogP contribution in [-0.4, -0.2) is 6.04 Å². The predicted octanol–water partition coefficient (Wildman–Crippen LogP) is 4.32. The summed E-state index contributed by atoms with van der Waals surface area (Å²) in [7, 11) is 0. The Morgan fingerprint density at radius 3 is 2.15 bits per heavy atom. The Labute approximate surface area is 121 Å². The van der Waals surface area contributed by atoms with E-state index >= 15 is 0 Å². The van der Waals surface area contributed by atoms with Crippen LogP contribution in [0.4, 0.5) is 0 Å². The van der Waals surface area contributed by atoms with Gasteiger partial charge in [-0.3, -0.25) is 0 Å². The van der Waals surface area contributed by atoms with E-state index in [0.717, 1.165) is 5.75 Å². The molecule has 0 aromatic heterocycles. The van der Waals surface area contributed by atoms with Gasteiger partial charge in [0.15, 0.2) is 0 Å². The van der Waals surface area contributed by atoms with Gasteiger partial charge in [-0.05, 0) is 30.2 Å². The van der Waals surface area contributed by atoms with Crippen molar-refractivity contribution >= 4 is 0 Å². The van der Waals surface area contributed by atoms with Crippen molar-refractivity contribution in [2.45, 2.75) is 39.5 Å².